The van der Waals surface area contributed by atoms with E-state index in [1.54, 1.807) is 18.3 Å². The van der Waals surface area contributed by atoms with Crippen molar-refractivity contribution >= 4 is 11.8 Å². The highest BCUT2D eigenvalue weighted by Gasteiger charge is 2.63. The topological polar surface area (TPSA) is 56.7 Å². The molecule has 1 N–H and O–H groups in total. The van der Waals surface area contributed by atoms with Crippen LogP contribution in [0.5, 0.6) is 0 Å². The quantitative estimate of drug-likeness (QED) is 0.881. The largest absolute Gasteiger partial charge is 0.478 e. The first-order valence-corrected chi connectivity index (χ1v) is 10.3. The standard InChI is InChI=1S/C23H27N3O2/c27-21(28)19-9-6-12-24-20(19)26-16-22-10-4-5-11-23(22,17-26)15-25(14-22)13-18-7-2-1-3-8-18/h1-3,6-9,12H,4-5,10-11,13-17H2,(H,27,28). The van der Waals surface area contributed by atoms with Gasteiger partial charge < -0.3 is 10.0 Å². The van der Waals surface area contributed by atoms with Gasteiger partial charge in [0.2, 0.25) is 0 Å². The summed E-state index contributed by atoms with van der Waals surface area (Å²) in [5, 5.41) is 9.62. The van der Waals surface area contributed by atoms with E-state index >= 15 is 0 Å². The van der Waals surface area contributed by atoms with Gasteiger partial charge in [0.25, 0.3) is 0 Å². The molecular weight excluding hydrogens is 350 g/mol. The summed E-state index contributed by atoms with van der Waals surface area (Å²) in [6.45, 7) is 5.07. The van der Waals surface area contributed by atoms with E-state index in [-0.39, 0.29) is 10.8 Å². The van der Waals surface area contributed by atoms with Gasteiger partial charge in [-0.2, -0.15) is 0 Å². The highest BCUT2D eigenvalue weighted by atomic mass is 16.4. The number of carboxylic acid groups (broad SMARTS) is 1. The van der Waals surface area contributed by atoms with Crippen molar-refractivity contribution in [2.75, 3.05) is 31.1 Å². The highest BCUT2D eigenvalue weighted by Crippen LogP contribution is 2.60. The van der Waals surface area contributed by atoms with Crippen LogP contribution < -0.4 is 4.90 Å². The number of hydrogen-bond donors (Lipinski definition) is 1. The van der Waals surface area contributed by atoms with Crippen LogP contribution in [0.4, 0.5) is 5.82 Å². The minimum absolute atomic E-state index is 0.257. The van der Waals surface area contributed by atoms with Gasteiger partial charge in [-0.1, -0.05) is 43.2 Å². The van der Waals surface area contributed by atoms with Crippen molar-refractivity contribution < 1.29 is 9.90 Å². The molecule has 1 saturated carbocycles. The van der Waals surface area contributed by atoms with Crippen molar-refractivity contribution in [3.05, 3.63) is 59.8 Å². The molecule has 1 aromatic carbocycles. The lowest BCUT2D eigenvalue weighted by Crippen LogP contribution is -2.42. The summed E-state index contributed by atoms with van der Waals surface area (Å²) in [7, 11) is 0. The molecule has 1 aliphatic carbocycles. The van der Waals surface area contributed by atoms with Gasteiger partial charge in [0.1, 0.15) is 11.4 Å². The van der Waals surface area contributed by atoms with Gasteiger partial charge in [-0.25, -0.2) is 9.78 Å². The second-order valence-electron chi connectivity index (χ2n) is 8.93. The van der Waals surface area contributed by atoms with E-state index < -0.39 is 5.97 Å². The summed E-state index contributed by atoms with van der Waals surface area (Å²) < 4.78 is 0. The zero-order valence-electron chi connectivity index (χ0n) is 16.2. The van der Waals surface area contributed by atoms with Gasteiger partial charge in [0.15, 0.2) is 0 Å². The van der Waals surface area contributed by atoms with Crippen molar-refractivity contribution in [1.82, 2.24) is 9.88 Å². The Labute approximate surface area is 166 Å². The lowest BCUT2D eigenvalue weighted by atomic mass is 9.60. The zero-order valence-corrected chi connectivity index (χ0v) is 16.2. The fourth-order valence-electron chi connectivity index (χ4n) is 6.16. The molecule has 2 unspecified atom stereocenters. The predicted molar refractivity (Wildman–Crippen MR) is 108 cm³/mol. The number of aromatic carboxylic acids is 1. The van der Waals surface area contributed by atoms with Crippen LogP contribution in [0.25, 0.3) is 0 Å². The number of hydrogen-bond acceptors (Lipinski definition) is 4. The van der Waals surface area contributed by atoms with Crippen molar-refractivity contribution in [3.63, 3.8) is 0 Å². The highest BCUT2D eigenvalue weighted by molar-refractivity contribution is 5.93. The van der Waals surface area contributed by atoms with Crippen LogP contribution in [0, 0.1) is 10.8 Å². The van der Waals surface area contributed by atoms with Crippen LogP contribution >= 0.6 is 0 Å². The number of carbonyl (C=O) groups is 1. The van der Waals surface area contributed by atoms with Gasteiger partial charge in [0, 0.05) is 49.8 Å². The van der Waals surface area contributed by atoms with E-state index in [1.807, 2.05) is 0 Å². The molecule has 0 radical (unpaired) electrons. The number of likely N-dealkylation sites (tertiary alicyclic amines) is 1. The molecule has 0 bridgehead atoms. The number of pyridine rings is 1. The Hall–Kier alpha value is -2.40. The third-order valence-corrected chi connectivity index (χ3v) is 7.29. The van der Waals surface area contributed by atoms with Gasteiger partial charge in [-0.05, 0) is 30.5 Å². The van der Waals surface area contributed by atoms with Crippen LogP contribution in [0.2, 0.25) is 0 Å². The molecule has 2 aromatic rings. The lowest BCUT2D eigenvalue weighted by Gasteiger charge is -2.42. The Morgan fingerprint density at radius 3 is 2.29 bits per heavy atom. The maximum Gasteiger partial charge on any atom is 0.339 e. The van der Waals surface area contributed by atoms with Gasteiger partial charge in [0.05, 0.1) is 0 Å². The first-order valence-electron chi connectivity index (χ1n) is 10.3. The molecular formula is C23H27N3O2. The molecule has 2 saturated heterocycles. The van der Waals surface area contributed by atoms with E-state index in [2.05, 4.69) is 45.1 Å². The van der Waals surface area contributed by atoms with E-state index in [9.17, 15) is 9.90 Å². The van der Waals surface area contributed by atoms with Crippen LogP contribution in [0.3, 0.4) is 0 Å². The number of rotatable bonds is 4. The van der Waals surface area contributed by atoms with Gasteiger partial charge in [-0.15, -0.1) is 0 Å². The van der Waals surface area contributed by atoms with Gasteiger partial charge >= 0.3 is 5.97 Å². The SMILES string of the molecule is O=C(O)c1cccnc1N1CC23CCCCC2(CN(Cc2ccccc2)C3)C1. The Morgan fingerprint density at radius 1 is 0.964 bits per heavy atom. The van der Waals surface area contributed by atoms with E-state index in [0.717, 1.165) is 32.7 Å². The van der Waals surface area contributed by atoms with Crippen molar-refractivity contribution in [3.8, 4) is 0 Å². The molecule has 0 amide bonds. The monoisotopic (exact) mass is 377 g/mol. The maximum atomic E-state index is 11.7. The second-order valence-corrected chi connectivity index (χ2v) is 8.93. The number of anilines is 1. The first-order chi connectivity index (χ1) is 13.6. The fourth-order valence-corrected chi connectivity index (χ4v) is 6.16. The molecule has 5 heteroatoms. The fraction of sp³-hybridized carbons (Fsp3) is 0.478. The Kier molecular flexibility index (Phi) is 4.16. The molecule has 5 rings (SSSR count). The summed E-state index contributed by atoms with van der Waals surface area (Å²) in [4.78, 5) is 21.1. The summed E-state index contributed by atoms with van der Waals surface area (Å²) >= 11 is 0. The third kappa shape index (κ3) is 2.72. The smallest absolute Gasteiger partial charge is 0.339 e. The van der Waals surface area contributed by atoms with Crippen LogP contribution in [-0.2, 0) is 6.54 Å². The summed E-state index contributed by atoms with van der Waals surface area (Å²) in [6, 6.07) is 14.1. The average Bonchev–Trinajstić information content (AvgIpc) is 3.18. The molecule has 3 heterocycles. The number of aromatic nitrogens is 1. The van der Waals surface area contributed by atoms with Gasteiger partial charge in [-0.3, -0.25) is 4.90 Å². The second kappa shape index (κ2) is 6.59. The van der Waals surface area contributed by atoms with E-state index in [1.165, 1.54) is 31.2 Å². The Balaban J connectivity index is 1.43. The average molecular weight is 377 g/mol. The summed E-state index contributed by atoms with van der Waals surface area (Å²) in [6.07, 6.45) is 6.76. The van der Waals surface area contributed by atoms with Crippen LogP contribution in [0.15, 0.2) is 48.7 Å². The minimum atomic E-state index is -0.885. The molecule has 3 aliphatic rings. The van der Waals surface area contributed by atoms with Crippen LogP contribution in [-0.4, -0.2) is 47.1 Å². The maximum absolute atomic E-state index is 11.7. The van der Waals surface area contributed by atoms with E-state index in [4.69, 9.17) is 0 Å². The normalized spacial score (nSPS) is 29.5. The molecule has 3 fully saturated rings. The summed E-state index contributed by atoms with van der Waals surface area (Å²) in [5.41, 5.74) is 2.22. The molecule has 146 valence electrons. The predicted octanol–water partition coefficient (Wildman–Crippen LogP) is 3.66. The lowest BCUT2D eigenvalue weighted by molar-refractivity contribution is 0.0697. The molecule has 2 aliphatic heterocycles. The van der Waals surface area contributed by atoms with Crippen molar-refractivity contribution in [2.24, 2.45) is 10.8 Å². The zero-order chi connectivity index (χ0) is 19.2. The van der Waals surface area contributed by atoms with Crippen molar-refractivity contribution in [2.45, 2.75) is 32.2 Å². The molecule has 5 nitrogen and oxygen atoms in total. The number of nitrogens with zero attached hydrogens (tertiary/aromatic N) is 3. The Morgan fingerprint density at radius 2 is 1.64 bits per heavy atom. The number of carboxylic acids is 1. The molecule has 2 atom stereocenters. The van der Waals surface area contributed by atoms with E-state index in [0.29, 0.717) is 11.4 Å². The van der Waals surface area contributed by atoms with Crippen LogP contribution in [0.1, 0.15) is 41.6 Å². The minimum Gasteiger partial charge on any atom is -0.478 e. The Bertz CT molecular complexity index is 862. The molecule has 28 heavy (non-hydrogen) atoms. The number of benzene rings is 1. The third-order valence-electron chi connectivity index (χ3n) is 7.29. The van der Waals surface area contributed by atoms with Crippen molar-refractivity contribution in [1.29, 1.82) is 0 Å². The summed E-state index contributed by atoms with van der Waals surface area (Å²) in [5.74, 6) is -0.233. The first kappa shape index (κ1) is 17.7. The molecule has 1 aromatic heterocycles. The molecule has 0 spiro atoms.